The van der Waals surface area contributed by atoms with Crippen LogP contribution in [0.1, 0.15) is 51.4 Å². The van der Waals surface area contributed by atoms with E-state index in [1.54, 1.807) is 0 Å². The van der Waals surface area contributed by atoms with E-state index >= 15 is 0 Å². The molecule has 26 heavy (non-hydrogen) atoms. The van der Waals surface area contributed by atoms with E-state index in [1.807, 2.05) is 0 Å². The molecule has 2 heteroatoms. The molecular formula is C24H36S2. The van der Waals surface area contributed by atoms with E-state index in [1.165, 1.54) is 51.4 Å². The highest BCUT2D eigenvalue weighted by Gasteiger charge is 1.79. The molecule has 0 radical (unpaired) electrons. The Kier molecular flexibility index (Phi) is 24.4. The van der Waals surface area contributed by atoms with E-state index in [2.05, 4.69) is 97.2 Å². The molecule has 144 valence electrons. The predicted molar refractivity (Wildman–Crippen MR) is 131 cm³/mol. The van der Waals surface area contributed by atoms with Gasteiger partial charge in [-0.3, -0.25) is 0 Å². The zero-order valence-corrected chi connectivity index (χ0v) is 17.9. The molecule has 0 saturated heterocycles. The van der Waals surface area contributed by atoms with E-state index < -0.39 is 0 Å². The van der Waals surface area contributed by atoms with Gasteiger partial charge >= 0.3 is 0 Å². The zero-order valence-electron chi connectivity index (χ0n) is 15.9. The second-order valence-corrected chi connectivity index (χ2v) is 5.73. The van der Waals surface area contributed by atoms with Crippen molar-refractivity contribution in [2.45, 2.75) is 51.4 Å². The van der Waals surface area contributed by atoms with Crippen LogP contribution in [0.2, 0.25) is 0 Å². The van der Waals surface area contributed by atoms with Crippen molar-refractivity contribution in [3.63, 3.8) is 0 Å². The molecule has 0 fully saturated rings. The molecule has 0 N–H and O–H groups in total. The average Bonchev–Trinajstić information content (AvgIpc) is 2.75. The highest BCUT2D eigenvalue weighted by Crippen LogP contribution is 1.99. The molecule has 0 spiro atoms. The van der Waals surface area contributed by atoms with Crippen LogP contribution in [-0.4, -0.2) is 0 Å². The van der Waals surface area contributed by atoms with Gasteiger partial charge < -0.3 is 0 Å². The maximum atomic E-state index is 2.18. The minimum absolute atomic E-state index is 0. The van der Waals surface area contributed by atoms with Crippen LogP contribution in [0.5, 0.6) is 0 Å². The van der Waals surface area contributed by atoms with Crippen LogP contribution in [-0.2, 0) is 0 Å². The van der Waals surface area contributed by atoms with Gasteiger partial charge in [-0.2, -0.15) is 27.0 Å². The number of hydrogen-bond acceptors (Lipinski definition) is 0. The predicted octanol–water partition coefficient (Wildman–Crippen LogP) is 7.80. The minimum Gasteiger partial charge on any atom is -0.197 e. The Hall–Kier alpha value is -1.38. The quantitative estimate of drug-likeness (QED) is 0.397. The summed E-state index contributed by atoms with van der Waals surface area (Å²) in [5, 5.41) is 0. The van der Waals surface area contributed by atoms with Crippen LogP contribution in [0.25, 0.3) is 0 Å². The third-order valence-electron chi connectivity index (χ3n) is 3.53. The summed E-state index contributed by atoms with van der Waals surface area (Å²) in [7, 11) is 0. The van der Waals surface area contributed by atoms with Crippen molar-refractivity contribution in [2.75, 3.05) is 0 Å². The van der Waals surface area contributed by atoms with Gasteiger partial charge in [-0.05, 0) is 51.4 Å². The molecule has 0 unspecified atom stereocenters. The van der Waals surface area contributed by atoms with Crippen molar-refractivity contribution in [2.24, 2.45) is 0 Å². The summed E-state index contributed by atoms with van der Waals surface area (Å²) in [6.07, 6.45) is 44.0. The van der Waals surface area contributed by atoms with Crippen molar-refractivity contribution < 1.29 is 0 Å². The van der Waals surface area contributed by atoms with Crippen LogP contribution < -0.4 is 0 Å². The Morgan fingerprint density at radius 2 is 0.346 bits per heavy atom. The lowest BCUT2D eigenvalue weighted by atomic mass is 10.2. The topological polar surface area (TPSA) is 0 Å². The molecule has 0 aromatic rings. The molecule has 0 saturated carbocycles. The van der Waals surface area contributed by atoms with Gasteiger partial charge in [0.1, 0.15) is 0 Å². The third kappa shape index (κ3) is 20.7. The Morgan fingerprint density at radius 1 is 0.231 bits per heavy atom. The number of rotatable bonds is 0. The molecule has 0 bridgehead atoms. The fourth-order valence-electron chi connectivity index (χ4n) is 2.17. The van der Waals surface area contributed by atoms with Gasteiger partial charge in [0.05, 0.1) is 0 Å². The molecule has 4 aliphatic carbocycles. The molecule has 0 aliphatic heterocycles. The van der Waals surface area contributed by atoms with Gasteiger partial charge in [0.15, 0.2) is 0 Å². The van der Waals surface area contributed by atoms with Crippen LogP contribution >= 0.6 is 27.0 Å². The summed E-state index contributed by atoms with van der Waals surface area (Å²) < 4.78 is 0. The average molecular weight is 389 g/mol. The maximum absolute atomic E-state index is 2.18. The van der Waals surface area contributed by atoms with Crippen LogP contribution in [0.4, 0.5) is 0 Å². The van der Waals surface area contributed by atoms with Gasteiger partial charge in [-0.25, -0.2) is 0 Å². The first-order chi connectivity index (χ1) is 12.0. The fraction of sp³-hybridized carbons (Fsp3) is 0.333. The van der Waals surface area contributed by atoms with Gasteiger partial charge in [0.25, 0.3) is 0 Å². The van der Waals surface area contributed by atoms with Crippen LogP contribution in [0.3, 0.4) is 0 Å². The maximum Gasteiger partial charge on any atom is -0.0313 e. The molecule has 0 atom stereocenters. The van der Waals surface area contributed by atoms with Gasteiger partial charge in [0, 0.05) is 0 Å². The lowest BCUT2D eigenvalue weighted by Gasteiger charge is -1.88. The molecule has 0 amide bonds. The van der Waals surface area contributed by atoms with E-state index in [0.29, 0.717) is 0 Å². The van der Waals surface area contributed by atoms with Gasteiger partial charge in [-0.1, -0.05) is 97.2 Å². The van der Waals surface area contributed by atoms with Crippen molar-refractivity contribution in [1.82, 2.24) is 0 Å². The smallest absolute Gasteiger partial charge is 0.0313 e. The van der Waals surface area contributed by atoms with Gasteiger partial charge in [0.2, 0.25) is 0 Å². The minimum atomic E-state index is 0. The third-order valence-corrected chi connectivity index (χ3v) is 3.53. The molecule has 0 aromatic heterocycles. The number of hydrogen-bond donors (Lipinski definition) is 0. The van der Waals surface area contributed by atoms with E-state index in [0.717, 1.165) is 0 Å². The monoisotopic (exact) mass is 388 g/mol. The summed E-state index contributed by atoms with van der Waals surface area (Å²) in [5.41, 5.74) is 0. The van der Waals surface area contributed by atoms with Crippen LogP contribution in [0.15, 0.2) is 97.2 Å². The SMILES string of the molecule is C1=CCCC=C1.C1=CCCC=C1.C1=CCCC=C1.C1=CCCC=C1.S.S. The molecule has 0 heterocycles. The van der Waals surface area contributed by atoms with Crippen molar-refractivity contribution in [3.05, 3.63) is 97.2 Å². The van der Waals surface area contributed by atoms with E-state index in [4.69, 9.17) is 0 Å². The second kappa shape index (κ2) is 23.6. The van der Waals surface area contributed by atoms with Crippen molar-refractivity contribution >= 4 is 27.0 Å². The highest BCUT2D eigenvalue weighted by atomic mass is 32.1. The Labute approximate surface area is 175 Å². The molecular weight excluding hydrogens is 352 g/mol. The Balaban J connectivity index is 0. The molecule has 0 aromatic carbocycles. The summed E-state index contributed by atoms with van der Waals surface area (Å²) in [6.45, 7) is 0. The van der Waals surface area contributed by atoms with Crippen molar-refractivity contribution in [1.29, 1.82) is 0 Å². The Bertz CT molecular complexity index is 370. The van der Waals surface area contributed by atoms with Crippen molar-refractivity contribution in [3.8, 4) is 0 Å². The molecule has 4 aliphatic rings. The molecule has 0 nitrogen and oxygen atoms in total. The second-order valence-electron chi connectivity index (χ2n) is 5.73. The van der Waals surface area contributed by atoms with E-state index in [-0.39, 0.29) is 27.0 Å². The lowest BCUT2D eigenvalue weighted by Crippen LogP contribution is -1.67. The Morgan fingerprint density at radius 3 is 0.385 bits per heavy atom. The zero-order chi connectivity index (χ0) is 17.0. The first-order valence-corrected chi connectivity index (χ1v) is 9.27. The summed E-state index contributed by atoms with van der Waals surface area (Å²) in [6, 6.07) is 0. The van der Waals surface area contributed by atoms with E-state index in [9.17, 15) is 0 Å². The summed E-state index contributed by atoms with van der Waals surface area (Å²) >= 11 is 0. The largest absolute Gasteiger partial charge is 0.197 e. The van der Waals surface area contributed by atoms with Crippen LogP contribution in [0, 0.1) is 0 Å². The number of allylic oxidation sites excluding steroid dienone is 16. The highest BCUT2D eigenvalue weighted by molar-refractivity contribution is 7.59. The first-order valence-electron chi connectivity index (χ1n) is 9.27. The fourth-order valence-corrected chi connectivity index (χ4v) is 2.17. The lowest BCUT2D eigenvalue weighted by molar-refractivity contribution is 1.04. The normalized spacial score (nSPS) is 17.2. The summed E-state index contributed by atoms with van der Waals surface area (Å²) in [5.74, 6) is 0. The first kappa shape index (κ1) is 26.8. The standard InChI is InChI=1S/4C6H8.2H2S/c4*1-2-4-6-5-3-1;;/h4*1-4H,5-6H2;2*1H2. The summed E-state index contributed by atoms with van der Waals surface area (Å²) in [4.78, 5) is 0. The molecule has 4 rings (SSSR count). The van der Waals surface area contributed by atoms with Gasteiger partial charge in [-0.15, -0.1) is 0 Å².